The summed E-state index contributed by atoms with van der Waals surface area (Å²) < 4.78 is 28.5. The van der Waals surface area contributed by atoms with Gasteiger partial charge in [0.25, 0.3) is 0 Å². The largest absolute Gasteiger partial charge is 0.479 e. The van der Waals surface area contributed by atoms with Crippen molar-refractivity contribution in [3.63, 3.8) is 0 Å². The predicted octanol–water partition coefficient (Wildman–Crippen LogP) is 0.608. The summed E-state index contributed by atoms with van der Waals surface area (Å²) in [5.41, 5.74) is -0.340. The molecule has 1 fully saturated rings. The first-order valence-corrected chi connectivity index (χ1v) is 8.56. The molecule has 1 aliphatic rings. The van der Waals surface area contributed by atoms with Gasteiger partial charge in [-0.3, -0.25) is 10.1 Å². The Hall–Kier alpha value is -1.45. The molecule has 2 unspecified atom stereocenters. The minimum absolute atomic E-state index is 0.0954. The van der Waals surface area contributed by atoms with Gasteiger partial charge in [-0.25, -0.2) is 8.42 Å². The van der Waals surface area contributed by atoms with E-state index in [1.807, 2.05) is 0 Å². The van der Waals surface area contributed by atoms with Gasteiger partial charge < -0.3 is 9.84 Å². The highest BCUT2D eigenvalue weighted by Gasteiger charge is 2.39. The molecule has 1 saturated heterocycles. The maximum atomic E-state index is 11.4. The summed E-state index contributed by atoms with van der Waals surface area (Å²) >= 11 is 1.76. The Morgan fingerprint density at radius 2 is 2.14 bits per heavy atom. The van der Waals surface area contributed by atoms with Crippen molar-refractivity contribution in [1.29, 1.82) is 5.26 Å². The summed E-state index contributed by atoms with van der Waals surface area (Å²) in [4.78, 5) is 10.3. The Bertz CT molecular complexity index is 742. The molecule has 21 heavy (non-hydrogen) atoms. The molecule has 0 amide bonds. The monoisotopic (exact) mass is 424 g/mol. The van der Waals surface area contributed by atoms with E-state index in [1.54, 1.807) is 28.7 Å². The number of sulfone groups is 1. The molecular weight excluding hydrogens is 415 g/mol. The smallest absolute Gasteiger partial charge is 0.313 e. The van der Waals surface area contributed by atoms with Crippen molar-refractivity contribution in [2.75, 3.05) is 11.5 Å². The number of nitro groups is 1. The summed E-state index contributed by atoms with van der Waals surface area (Å²) in [6.45, 7) is 0. The lowest BCUT2D eigenvalue weighted by Crippen LogP contribution is -2.30. The zero-order valence-electron chi connectivity index (χ0n) is 10.4. The molecule has 1 N–H and O–H groups in total. The number of aliphatic hydroxyl groups is 1. The van der Waals surface area contributed by atoms with Crippen LogP contribution in [0.3, 0.4) is 0 Å². The first-order chi connectivity index (χ1) is 9.73. The normalized spacial score (nSPS) is 23.5. The average Bonchev–Trinajstić information content (AvgIpc) is 2.64. The van der Waals surface area contributed by atoms with Crippen LogP contribution in [0.15, 0.2) is 12.1 Å². The number of nitro benzene ring substituents is 1. The lowest BCUT2D eigenvalue weighted by atomic mass is 10.2. The molecule has 1 heterocycles. The molecule has 112 valence electrons. The van der Waals surface area contributed by atoms with Gasteiger partial charge in [-0.2, -0.15) is 5.26 Å². The second-order valence-electron chi connectivity index (χ2n) is 4.48. The van der Waals surface area contributed by atoms with Crippen LogP contribution in [0.25, 0.3) is 0 Å². The van der Waals surface area contributed by atoms with Gasteiger partial charge in [0.1, 0.15) is 12.2 Å². The second-order valence-corrected chi connectivity index (χ2v) is 7.79. The van der Waals surface area contributed by atoms with Crippen LogP contribution in [0.2, 0.25) is 0 Å². The van der Waals surface area contributed by atoms with Gasteiger partial charge in [-0.15, -0.1) is 0 Å². The minimum atomic E-state index is -3.42. The molecule has 1 aliphatic heterocycles. The molecule has 0 aliphatic carbocycles. The van der Waals surface area contributed by atoms with E-state index in [2.05, 4.69) is 0 Å². The van der Waals surface area contributed by atoms with E-state index in [9.17, 15) is 23.6 Å². The molecule has 0 aromatic heterocycles. The van der Waals surface area contributed by atoms with Crippen LogP contribution < -0.4 is 4.74 Å². The molecule has 0 radical (unpaired) electrons. The molecular formula is C11H9IN2O6S. The number of nitriles is 1. The Morgan fingerprint density at radius 1 is 1.48 bits per heavy atom. The van der Waals surface area contributed by atoms with Crippen LogP contribution in [0.1, 0.15) is 5.56 Å². The summed E-state index contributed by atoms with van der Waals surface area (Å²) in [5.74, 6) is -0.972. The van der Waals surface area contributed by atoms with Gasteiger partial charge in [-0.05, 0) is 28.7 Å². The van der Waals surface area contributed by atoms with E-state index in [-0.39, 0.29) is 11.3 Å². The van der Waals surface area contributed by atoms with E-state index in [1.165, 1.54) is 6.07 Å². The number of hydrogen-bond acceptors (Lipinski definition) is 7. The number of nitrogens with zero attached hydrogens (tertiary/aromatic N) is 2. The van der Waals surface area contributed by atoms with E-state index >= 15 is 0 Å². The number of aliphatic hydroxyl groups excluding tert-OH is 1. The molecule has 10 heteroatoms. The highest BCUT2D eigenvalue weighted by Crippen LogP contribution is 2.35. The first kappa shape index (κ1) is 15.9. The number of halogens is 1. The Labute approximate surface area is 133 Å². The van der Waals surface area contributed by atoms with Crippen LogP contribution in [0, 0.1) is 25.0 Å². The predicted molar refractivity (Wildman–Crippen MR) is 79.6 cm³/mol. The first-order valence-electron chi connectivity index (χ1n) is 5.66. The zero-order valence-corrected chi connectivity index (χ0v) is 13.4. The third-order valence-electron chi connectivity index (χ3n) is 2.89. The van der Waals surface area contributed by atoms with Gasteiger partial charge in [0.05, 0.1) is 31.6 Å². The molecule has 0 bridgehead atoms. The molecule has 0 saturated carbocycles. The van der Waals surface area contributed by atoms with Crippen LogP contribution in [0.5, 0.6) is 5.75 Å². The summed E-state index contributed by atoms with van der Waals surface area (Å²) in [5, 5.41) is 29.6. The molecule has 2 atom stereocenters. The fourth-order valence-electron chi connectivity index (χ4n) is 1.96. The van der Waals surface area contributed by atoms with Crippen molar-refractivity contribution in [2.45, 2.75) is 12.2 Å². The van der Waals surface area contributed by atoms with E-state index < -0.39 is 44.2 Å². The van der Waals surface area contributed by atoms with Gasteiger partial charge in [0.15, 0.2) is 9.84 Å². The van der Waals surface area contributed by atoms with Gasteiger partial charge in [0, 0.05) is 6.07 Å². The fraction of sp³-hybridized carbons (Fsp3) is 0.364. The lowest BCUT2D eigenvalue weighted by Gasteiger charge is -2.16. The molecule has 1 aromatic rings. The van der Waals surface area contributed by atoms with E-state index in [0.717, 1.165) is 6.07 Å². The highest BCUT2D eigenvalue weighted by molar-refractivity contribution is 14.1. The second kappa shape index (κ2) is 5.74. The van der Waals surface area contributed by atoms with E-state index in [0.29, 0.717) is 3.57 Å². The molecule has 8 nitrogen and oxygen atoms in total. The number of ether oxygens (including phenoxy) is 1. The van der Waals surface area contributed by atoms with Crippen molar-refractivity contribution in [3.05, 3.63) is 31.4 Å². The topological polar surface area (TPSA) is 131 Å². The number of hydrogen-bond donors (Lipinski definition) is 1. The van der Waals surface area contributed by atoms with Crippen molar-refractivity contribution in [3.8, 4) is 11.8 Å². The fourth-order valence-corrected chi connectivity index (χ4v) is 4.36. The highest BCUT2D eigenvalue weighted by atomic mass is 127. The van der Waals surface area contributed by atoms with Gasteiger partial charge >= 0.3 is 5.69 Å². The van der Waals surface area contributed by atoms with Crippen molar-refractivity contribution < 1.29 is 23.2 Å². The molecule has 1 aromatic carbocycles. The molecule has 2 rings (SSSR count). The van der Waals surface area contributed by atoms with Crippen molar-refractivity contribution in [1.82, 2.24) is 0 Å². The summed E-state index contributed by atoms with van der Waals surface area (Å²) in [7, 11) is -3.42. The van der Waals surface area contributed by atoms with Crippen LogP contribution >= 0.6 is 22.6 Å². The Kier molecular flexibility index (Phi) is 4.35. The zero-order chi connectivity index (χ0) is 15.8. The third kappa shape index (κ3) is 3.42. The van der Waals surface area contributed by atoms with Crippen LogP contribution in [0.4, 0.5) is 5.69 Å². The standard InChI is InChI=1S/C11H9IN2O6S/c12-7-1-6(3-13)2-8(14(16)17)11(7)20-10-5-21(18,19)4-9(10)15/h1-2,9-10,15H,4-5H2. The van der Waals surface area contributed by atoms with Crippen molar-refractivity contribution >= 4 is 38.1 Å². The third-order valence-corrected chi connectivity index (χ3v) is 5.38. The minimum Gasteiger partial charge on any atom is -0.479 e. The van der Waals surface area contributed by atoms with Crippen molar-refractivity contribution in [2.24, 2.45) is 0 Å². The Balaban J connectivity index is 2.41. The van der Waals surface area contributed by atoms with Gasteiger partial charge in [0.2, 0.25) is 5.75 Å². The SMILES string of the molecule is N#Cc1cc(I)c(OC2CS(=O)(=O)CC2O)c([N+](=O)[O-])c1. The van der Waals surface area contributed by atoms with Crippen LogP contribution in [-0.4, -0.2) is 42.2 Å². The molecule has 0 spiro atoms. The summed E-state index contributed by atoms with van der Waals surface area (Å²) in [6.07, 6.45) is -2.30. The number of rotatable bonds is 3. The lowest BCUT2D eigenvalue weighted by molar-refractivity contribution is -0.386. The maximum absolute atomic E-state index is 11.4. The van der Waals surface area contributed by atoms with E-state index in [4.69, 9.17) is 10.00 Å². The van der Waals surface area contributed by atoms with Crippen LogP contribution in [-0.2, 0) is 9.84 Å². The Morgan fingerprint density at radius 3 is 2.62 bits per heavy atom. The van der Waals surface area contributed by atoms with Gasteiger partial charge in [-0.1, -0.05) is 0 Å². The summed E-state index contributed by atoms with van der Waals surface area (Å²) in [6, 6.07) is 4.23. The average molecular weight is 424 g/mol. The maximum Gasteiger partial charge on any atom is 0.313 e. The number of benzene rings is 1. The quantitative estimate of drug-likeness (QED) is 0.427.